The molecule has 2 N–H and O–H groups in total. The number of amides is 1. The Morgan fingerprint density at radius 2 is 2.05 bits per heavy atom. The van der Waals surface area contributed by atoms with Crippen molar-refractivity contribution < 1.29 is 13.2 Å². The summed E-state index contributed by atoms with van der Waals surface area (Å²) in [6.45, 7) is 4.36. The van der Waals surface area contributed by atoms with Crippen LogP contribution in [0.4, 0.5) is 0 Å². The van der Waals surface area contributed by atoms with E-state index in [-0.39, 0.29) is 35.9 Å². The molecular formula is C15H22N2O3S. The number of rotatable bonds is 4. The van der Waals surface area contributed by atoms with Crippen LogP contribution in [0.3, 0.4) is 0 Å². The Bertz CT molecular complexity index is 596. The van der Waals surface area contributed by atoms with Gasteiger partial charge in [0.25, 0.3) is 0 Å². The monoisotopic (exact) mass is 310 g/mol. The van der Waals surface area contributed by atoms with Gasteiger partial charge in [-0.05, 0) is 19.4 Å². The number of sulfone groups is 1. The van der Waals surface area contributed by atoms with Gasteiger partial charge < -0.3 is 10.6 Å². The van der Waals surface area contributed by atoms with E-state index in [0.717, 1.165) is 5.56 Å². The van der Waals surface area contributed by atoms with E-state index in [1.807, 2.05) is 38.1 Å². The summed E-state index contributed by atoms with van der Waals surface area (Å²) in [4.78, 5) is 12.0. The molecule has 2 atom stereocenters. The summed E-state index contributed by atoms with van der Waals surface area (Å²) in [5.41, 5.74) is 2.21. The standard InChI is InChI=1S/C15H22N2O3S/c1-11-3-5-13(6-4-11)12(2)17-15(18)9-14-10-21(19,20)8-7-16-14/h3-6,12,14,16H,7-10H2,1-2H3,(H,17,18). The van der Waals surface area contributed by atoms with Crippen molar-refractivity contribution in [3.05, 3.63) is 35.4 Å². The number of hydrogen-bond acceptors (Lipinski definition) is 4. The summed E-state index contributed by atoms with van der Waals surface area (Å²) >= 11 is 0. The molecule has 2 rings (SSSR count). The Morgan fingerprint density at radius 3 is 2.67 bits per heavy atom. The molecule has 1 fully saturated rings. The molecule has 1 aromatic rings. The fraction of sp³-hybridized carbons (Fsp3) is 0.533. The first-order valence-corrected chi connectivity index (χ1v) is 8.97. The highest BCUT2D eigenvalue weighted by molar-refractivity contribution is 7.91. The van der Waals surface area contributed by atoms with Gasteiger partial charge in [-0.1, -0.05) is 29.8 Å². The Labute approximate surface area is 126 Å². The molecule has 1 saturated heterocycles. The van der Waals surface area contributed by atoms with Gasteiger partial charge in [-0.3, -0.25) is 4.79 Å². The highest BCUT2D eigenvalue weighted by Crippen LogP contribution is 2.14. The lowest BCUT2D eigenvalue weighted by molar-refractivity contribution is -0.122. The molecule has 0 saturated carbocycles. The van der Waals surface area contributed by atoms with Crippen LogP contribution < -0.4 is 10.6 Å². The van der Waals surface area contributed by atoms with E-state index in [1.165, 1.54) is 5.56 Å². The van der Waals surface area contributed by atoms with Crippen molar-refractivity contribution in [1.82, 2.24) is 10.6 Å². The predicted molar refractivity (Wildman–Crippen MR) is 82.8 cm³/mol. The molecule has 21 heavy (non-hydrogen) atoms. The Balaban J connectivity index is 1.88. The third kappa shape index (κ3) is 4.82. The average Bonchev–Trinajstić information content (AvgIpc) is 2.37. The maximum atomic E-state index is 12.0. The first-order chi connectivity index (χ1) is 9.85. The smallest absolute Gasteiger partial charge is 0.222 e. The highest BCUT2D eigenvalue weighted by Gasteiger charge is 2.26. The van der Waals surface area contributed by atoms with Crippen molar-refractivity contribution in [3.63, 3.8) is 0 Å². The summed E-state index contributed by atoms with van der Waals surface area (Å²) in [5.74, 6) is 0.0715. The number of carbonyl (C=O) groups is 1. The molecule has 2 unspecified atom stereocenters. The lowest BCUT2D eigenvalue weighted by atomic mass is 10.1. The lowest BCUT2D eigenvalue weighted by Gasteiger charge is -2.24. The molecule has 1 aliphatic rings. The molecule has 116 valence electrons. The lowest BCUT2D eigenvalue weighted by Crippen LogP contribution is -2.47. The fourth-order valence-corrected chi connectivity index (χ4v) is 3.91. The van der Waals surface area contributed by atoms with E-state index in [0.29, 0.717) is 6.54 Å². The summed E-state index contributed by atoms with van der Waals surface area (Å²) in [5, 5.41) is 6.00. The van der Waals surface area contributed by atoms with Crippen LogP contribution in [-0.4, -0.2) is 38.4 Å². The van der Waals surface area contributed by atoms with Crippen molar-refractivity contribution in [3.8, 4) is 0 Å². The Hall–Kier alpha value is -1.40. The number of carbonyl (C=O) groups excluding carboxylic acids is 1. The van der Waals surface area contributed by atoms with Gasteiger partial charge >= 0.3 is 0 Å². The summed E-state index contributed by atoms with van der Waals surface area (Å²) in [7, 11) is -3.01. The zero-order chi connectivity index (χ0) is 15.5. The van der Waals surface area contributed by atoms with Gasteiger partial charge in [0.15, 0.2) is 9.84 Å². The zero-order valence-corrected chi connectivity index (χ0v) is 13.2. The first kappa shape index (κ1) is 16.0. The van der Waals surface area contributed by atoms with Gasteiger partial charge in [-0.15, -0.1) is 0 Å². The third-order valence-corrected chi connectivity index (χ3v) is 5.42. The molecule has 1 amide bonds. The van der Waals surface area contributed by atoms with Crippen molar-refractivity contribution in [2.24, 2.45) is 0 Å². The fourth-order valence-electron chi connectivity index (χ4n) is 2.46. The molecule has 1 aliphatic heterocycles. The van der Waals surface area contributed by atoms with Gasteiger partial charge in [0, 0.05) is 19.0 Å². The highest BCUT2D eigenvalue weighted by atomic mass is 32.2. The normalized spacial score (nSPS) is 22.5. The molecule has 0 spiro atoms. The van der Waals surface area contributed by atoms with Gasteiger partial charge in [-0.2, -0.15) is 0 Å². The van der Waals surface area contributed by atoms with Gasteiger partial charge in [0.1, 0.15) is 0 Å². The molecule has 5 nitrogen and oxygen atoms in total. The SMILES string of the molecule is Cc1ccc(C(C)NC(=O)CC2CS(=O)(=O)CCN2)cc1. The number of benzene rings is 1. The topological polar surface area (TPSA) is 75.3 Å². The molecule has 1 heterocycles. The Kier molecular flexibility index (Phi) is 5.00. The van der Waals surface area contributed by atoms with Crippen molar-refractivity contribution >= 4 is 15.7 Å². The van der Waals surface area contributed by atoms with Gasteiger partial charge in [0.2, 0.25) is 5.91 Å². The van der Waals surface area contributed by atoms with E-state index in [2.05, 4.69) is 10.6 Å². The van der Waals surface area contributed by atoms with Crippen molar-refractivity contribution in [2.75, 3.05) is 18.1 Å². The minimum atomic E-state index is -3.01. The van der Waals surface area contributed by atoms with E-state index >= 15 is 0 Å². The maximum Gasteiger partial charge on any atom is 0.222 e. The van der Waals surface area contributed by atoms with Crippen LogP contribution >= 0.6 is 0 Å². The van der Waals surface area contributed by atoms with Crippen LogP contribution in [0, 0.1) is 6.92 Å². The molecular weight excluding hydrogens is 288 g/mol. The molecule has 0 bridgehead atoms. The average molecular weight is 310 g/mol. The summed E-state index contributed by atoms with van der Waals surface area (Å²) < 4.78 is 23.1. The molecule has 6 heteroatoms. The Morgan fingerprint density at radius 1 is 1.38 bits per heavy atom. The predicted octanol–water partition coefficient (Wildman–Crippen LogP) is 0.949. The van der Waals surface area contributed by atoms with Crippen molar-refractivity contribution in [1.29, 1.82) is 0 Å². The van der Waals surface area contributed by atoms with E-state index < -0.39 is 9.84 Å². The van der Waals surface area contributed by atoms with E-state index in [9.17, 15) is 13.2 Å². The number of nitrogens with one attached hydrogen (secondary N) is 2. The summed E-state index contributed by atoms with van der Waals surface area (Å²) in [6, 6.07) is 7.63. The van der Waals surface area contributed by atoms with Crippen LogP contribution in [0.5, 0.6) is 0 Å². The van der Waals surface area contributed by atoms with Crippen LogP contribution in [0.15, 0.2) is 24.3 Å². The summed E-state index contributed by atoms with van der Waals surface area (Å²) in [6.07, 6.45) is 0.190. The number of hydrogen-bond donors (Lipinski definition) is 2. The molecule has 0 aliphatic carbocycles. The van der Waals surface area contributed by atoms with Crippen LogP contribution in [0.25, 0.3) is 0 Å². The van der Waals surface area contributed by atoms with Crippen LogP contribution in [0.2, 0.25) is 0 Å². The zero-order valence-electron chi connectivity index (χ0n) is 12.4. The quantitative estimate of drug-likeness (QED) is 0.868. The third-order valence-electron chi connectivity index (χ3n) is 3.69. The van der Waals surface area contributed by atoms with Gasteiger partial charge in [0.05, 0.1) is 17.5 Å². The largest absolute Gasteiger partial charge is 0.350 e. The minimum Gasteiger partial charge on any atom is -0.350 e. The first-order valence-electron chi connectivity index (χ1n) is 7.15. The minimum absolute atomic E-state index is 0.0410. The second kappa shape index (κ2) is 6.58. The van der Waals surface area contributed by atoms with Crippen LogP contribution in [-0.2, 0) is 14.6 Å². The van der Waals surface area contributed by atoms with Crippen LogP contribution in [0.1, 0.15) is 30.5 Å². The van der Waals surface area contributed by atoms with E-state index in [1.54, 1.807) is 0 Å². The second-order valence-corrected chi connectivity index (χ2v) is 7.90. The van der Waals surface area contributed by atoms with E-state index in [4.69, 9.17) is 0 Å². The molecule has 1 aromatic carbocycles. The van der Waals surface area contributed by atoms with Gasteiger partial charge in [-0.25, -0.2) is 8.42 Å². The second-order valence-electron chi connectivity index (χ2n) is 5.67. The maximum absolute atomic E-state index is 12.0. The van der Waals surface area contributed by atoms with Crippen molar-refractivity contribution in [2.45, 2.75) is 32.4 Å². The molecule has 0 radical (unpaired) electrons. The number of aryl methyl sites for hydroxylation is 1. The molecule has 0 aromatic heterocycles.